The minimum absolute atomic E-state index is 0.190. The lowest BCUT2D eigenvalue weighted by molar-refractivity contribution is 0.414. The molecular weight excluding hydrogens is 306 g/mol. The number of benzene rings is 3. The molecule has 0 N–H and O–H groups in total. The summed E-state index contributed by atoms with van der Waals surface area (Å²) in [4.78, 5) is 0. The number of hydrogen-bond donors (Lipinski definition) is 0. The molecule has 0 spiro atoms. The fraction of sp³-hybridized carbons (Fsp3) is 0.143. The van der Waals surface area contributed by atoms with Crippen molar-refractivity contribution in [1.82, 2.24) is 0 Å². The quantitative estimate of drug-likeness (QED) is 0.521. The Kier molecular flexibility index (Phi) is 4.61. The zero-order valence-electron chi connectivity index (χ0n) is 13.6. The predicted octanol–water partition coefficient (Wildman–Crippen LogP) is 6.18. The average molecular weight is 324 g/mol. The molecule has 0 saturated heterocycles. The van der Waals surface area contributed by atoms with E-state index >= 15 is 0 Å². The van der Waals surface area contributed by atoms with Gasteiger partial charge in [-0.05, 0) is 53.1 Å². The second-order valence-corrected chi connectivity index (χ2v) is 5.61. The monoisotopic (exact) mass is 324 g/mol. The molecule has 3 aromatic rings. The first-order valence-electron chi connectivity index (χ1n) is 7.85. The number of ether oxygens (including phenoxy) is 1. The van der Waals surface area contributed by atoms with E-state index in [0.29, 0.717) is 5.75 Å². The molecule has 0 unspecified atom stereocenters. The van der Waals surface area contributed by atoms with Gasteiger partial charge in [-0.2, -0.15) is 0 Å². The standard InChI is InChI=1S/C21H18F2O/c1-3-14-4-5-17-13-18(7-6-16(17)12-14)21(23)20(22)15-8-10-19(24-2)11-9-15/h4-13H,3H2,1-2H3. The van der Waals surface area contributed by atoms with Gasteiger partial charge in [-0.15, -0.1) is 0 Å². The largest absolute Gasteiger partial charge is 0.497 e. The molecule has 3 aromatic carbocycles. The van der Waals surface area contributed by atoms with E-state index < -0.39 is 11.7 Å². The number of fused-ring (bicyclic) bond motifs is 1. The van der Waals surface area contributed by atoms with Crippen molar-refractivity contribution in [3.8, 4) is 5.75 Å². The zero-order chi connectivity index (χ0) is 17.1. The van der Waals surface area contributed by atoms with E-state index in [9.17, 15) is 8.78 Å². The van der Waals surface area contributed by atoms with Gasteiger partial charge in [0.25, 0.3) is 0 Å². The maximum atomic E-state index is 14.5. The van der Waals surface area contributed by atoms with Gasteiger partial charge in [0, 0.05) is 11.1 Å². The lowest BCUT2D eigenvalue weighted by Crippen LogP contribution is -1.87. The van der Waals surface area contributed by atoms with E-state index in [1.165, 1.54) is 24.8 Å². The molecule has 0 amide bonds. The number of methoxy groups -OCH3 is 1. The Bertz CT molecular complexity index is 895. The Labute approximate surface area is 140 Å². The lowest BCUT2D eigenvalue weighted by atomic mass is 10.0. The van der Waals surface area contributed by atoms with Crippen molar-refractivity contribution >= 4 is 22.4 Å². The summed E-state index contributed by atoms with van der Waals surface area (Å²) in [5.41, 5.74) is 1.64. The number of hydrogen-bond acceptors (Lipinski definition) is 1. The summed E-state index contributed by atoms with van der Waals surface area (Å²) in [7, 11) is 1.53. The first kappa shape index (κ1) is 16.2. The molecule has 122 valence electrons. The Hall–Kier alpha value is -2.68. The van der Waals surface area contributed by atoms with Crippen LogP contribution in [-0.4, -0.2) is 7.11 Å². The highest BCUT2D eigenvalue weighted by Gasteiger charge is 2.12. The molecule has 1 nitrogen and oxygen atoms in total. The highest BCUT2D eigenvalue weighted by atomic mass is 19.2. The van der Waals surface area contributed by atoms with Gasteiger partial charge in [0.05, 0.1) is 7.11 Å². The van der Waals surface area contributed by atoms with Crippen molar-refractivity contribution < 1.29 is 13.5 Å². The Morgan fingerprint density at radius 2 is 1.38 bits per heavy atom. The minimum atomic E-state index is -0.873. The fourth-order valence-electron chi connectivity index (χ4n) is 2.64. The molecule has 0 radical (unpaired) electrons. The summed E-state index contributed by atoms with van der Waals surface area (Å²) in [5.74, 6) is -1.13. The van der Waals surface area contributed by atoms with Crippen LogP contribution in [-0.2, 0) is 6.42 Å². The van der Waals surface area contributed by atoms with Crippen LogP contribution in [0.5, 0.6) is 5.75 Å². The third-order valence-corrected chi connectivity index (χ3v) is 4.10. The van der Waals surface area contributed by atoms with E-state index in [0.717, 1.165) is 17.2 Å². The van der Waals surface area contributed by atoms with Gasteiger partial charge >= 0.3 is 0 Å². The summed E-state index contributed by atoms with van der Waals surface area (Å²) in [6, 6.07) is 17.3. The third kappa shape index (κ3) is 3.16. The van der Waals surface area contributed by atoms with Crippen LogP contribution >= 0.6 is 0 Å². The molecule has 0 fully saturated rings. The molecule has 0 bridgehead atoms. The highest BCUT2D eigenvalue weighted by Crippen LogP contribution is 2.31. The third-order valence-electron chi connectivity index (χ3n) is 4.10. The van der Waals surface area contributed by atoms with Crippen LogP contribution in [0, 0.1) is 0 Å². The van der Waals surface area contributed by atoms with Crippen molar-refractivity contribution in [3.63, 3.8) is 0 Å². The SMILES string of the molecule is CCc1ccc2cc(C(F)=C(F)c3ccc(OC)cc3)ccc2c1. The summed E-state index contributed by atoms with van der Waals surface area (Å²) < 4.78 is 34.0. The van der Waals surface area contributed by atoms with Gasteiger partial charge in [0.1, 0.15) is 5.75 Å². The normalized spacial score (nSPS) is 12.2. The fourth-order valence-corrected chi connectivity index (χ4v) is 2.64. The van der Waals surface area contributed by atoms with Crippen molar-refractivity contribution in [2.24, 2.45) is 0 Å². The molecule has 24 heavy (non-hydrogen) atoms. The molecule has 3 rings (SSSR count). The van der Waals surface area contributed by atoms with Crippen molar-refractivity contribution in [1.29, 1.82) is 0 Å². The van der Waals surface area contributed by atoms with E-state index in [-0.39, 0.29) is 11.1 Å². The topological polar surface area (TPSA) is 9.23 Å². The maximum Gasteiger partial charge on any atom is 0.166 e. The second kappa shape index (κ2) is 6.83. The molecular formula is C21H18F2O. The molecule has 0 aromatic heterocycles. The summed E-state index contributed by atoms with van der Waals surface area (Å²) in [5, 5.41) is 1.91. The van der Waals surface area contributed by atoms with Gasteiger partial charge in [0.2, 0.25) is 0 Å². The number of aryl methyl sites for hydroxylation is 1. The van der Waals surface area contributed by atoms with Gasteiger partial charge in [-0.1, -0.05) is 37.3 Å². The molecule has 0 aliphatic carbocycles. The first-order chi connectivity index (χ1) is 11.6. The Morgan fingerprint density at radius 3 is 2.04 bits per heavy atom. The van der Waals surface area contributed by atoms with Crippen LogP contribution in [0.15, 0.2) is 60.7 Å². The van der Waals surface area contributed by atoms with E-state index in [4.69, 9.17) is 4.74 Å². The Balaban J connectivity index is 2.00. The van der Waals surface area contributed by atoms with Crippen LogP contribution < -0.4 is 4.74 Å². The van der Waals surface area contributed by atoms with Crippen molar-refractivity contribution in [2.75, 3.05) is 7.11 Å². The molecule has 3 heteroatoms. The van der Waals surface area contributed by atoms with Crippen molar-refractivity contribution in [3.05, 3.63) is 77.4 Å². The van der Waals surface area contributed by atoms with Crippen LogP contribution in [0.1, 0.15) is 23.6 Å². The van der Waals surface area contributed by atoms with Gasteiger partial charge in [0.15, 0.2) is 11.7 Å². The Morgan fingerprint density at radius 1 is 0.792 bits per heavy atom. The van der Waals surface area contributed by atoms with Crippen LogP contribution in [0.25, 0.3) is 22.4 Å². The van der Waals surface area contributed by atoms with Gasteiger partial charge in [-0.25, -0.2) is 8.78 Å². The van der Waals surface area contributed by atoms with Crippen molar-refractivity contribution in [2.45, 2.75) is 13.3 Å². The van der Waals surface area contributed by atoms with E-state index in [2.05, 4.69) is 13.0 Å². The molecule has 0 aliphatic rings. The first-order valence-corrected chi connectivity index (χ1v) is 7.85. The van der Waals surface area contributed by atoms with Crippen LogP contribution in [0.3, 0.4) is 0 Å². The van der Waals surface area contributed by atoms with E-state index in [1.807, 2.05) is 18.2 Å². The second-order valence-electron chi connectivity index (χ2n) is 5.61. The number of halogens is 2. The van der Waals surface area contributed by atoms with Gasteiger partial charge < -0.3 is 4.74 Å². The van der Waals surface area contributed by atoms with E-state index in [1.54, 1.807) is 24.3 Å². The van der Waals surface area contributed by atoms with Crippen LogP contribution in [0.4, 0.5) is 8.78 Å². The van der Waals surface area contributed by atoms with Gasteiger partial charge in [-0.3, -0.25) is 0 Å². The van der Waals surface area contributed by atoms with Crippen LogP contribution in [0.2, 0.25) is 0 Å². The zero-order valence-corrected chi connectivity index (χ0v) is 13.6. The lowest BCUT2D eigenvalue weighted by Gasteiger charge is -2.06. The molecule has 0 saturated carbocycles. The maximum absolute atomic E-state index is 14.5. The highest BCUT2D eigenvalue weighted by molar-refractivity contribution is 5.90. The summed E-state index contributed by atoms with van der Waals surface area (Å²) in [6.07, 6.45) is 0.943. The minimum Gasteiger partial charge on any atom is -0.497 e. The molecule has 0 aliphatic heterocycles. The summed E-state index contributed by atoms with van der Waals surface area (Å²) >= 11 is 0. The number of rotatable bonds is 4. The molecule has 0 heterocycles. The smallest absolute Gasteiger partial charge is 0.166 e. The average Bonchev–Trinajstić information content (AvgIpc) is 2.66. The molecule has 0 atom stereocenters. The summed E-state index contributed by atoms with van der Waals surface area (Å²) in [6.45, 7) is 2.09. The predicted molar refractivity (Wildman–Crippen MR) is 95.4 cm³/mol.